The average molecular weight is 281 g/mol. The first-order chi connectivity index (χ1) is 10.1. The van der Waals surface area contributed by atoms with Crippen molar-refractivity contribution in [2.45, 2.75) is 6.04 Å². The first kappa shape index (κ1) is 13.3. The SMILES string of the molecule is Cn1cc(C(N)C(=O)Nc2cccc3cnccc23)cn1. The van der Waals surface area contributed by atoms with Crippen LogP contribution in [-0.4, -0.2) is 20.7 Å². The van der Waals surface area contributed by atoms with Gasteiger partial charge in [0.05, 0.1) is 6.20 Å². The maximum absolute atomic E-state index is 12.3. The van der Waals surface area contributed by atoms with Gasteiger partial charge >= 0.3 is 0 Å². The molecular weight excluding hydrogens is 266 g/mol. The summed E-state index contributed by atoms with van der Waals surface area (Å²) in [6.07, 6.45) is 6.78. The second kappa shape index (κ2) is 5.34. The molecule has 0 saturated heterocycles. The maximum atomic E-state index is 12.3. The first-order valence-corrected chi connectivity index (χ1v) is 6.53. The third-order valence-electron chi connectivity index (χ3n) is 3.31. The average Bonchev–Trinajstić information content (AvgIpc) is 2.93. The van der Waals surface area contributed by atoms with Gasteiger partial charge in [0.1, 0.15) is 6.04 Å². The van der Waals surface area contributed by atoms with Crippen LogP contribution in [0.1, 0.15) is 11.6 Å². The van der Waals surface area contributed by atoms with Crippen molar-refractivity contribution in [3.8, 4) is 0 Å². The van der Waals surface area contributed by atoms with Gasteiger partial charge in [-0.3, -0.25) is 14.5 Å². The van der Waals surface area contributed by atoms with E-state index < -0.39 is 6.04 Å². The number of pyridine rings is 1. The molecule has 6 nitrogen and oxygen atoms in total. The van der Waals surface area contributed by atoms with Gasteiger partial charge in [-0.25, -0.2) is 0 Å². The molecule has 0 aliphatic heterocycles. The Hall–Kier alpha value is -2.73. The first-order valence-electron chi connectivity index (χ1n) is 6.53. The quantitative estimate of drug-likeness (QED) is 0.763. The summed E-state index contributed by atoms with van der Waals surface area (Å²) in [7, 11) is 1.78. The van der Waals surface area contributed by atoms with E-state index in [9.17, 15) is 4.79 Å². The number of hydrogen-bond donors (Lipinski definition) is 2. The molecule has 1 unspecified atom stereocenters. The molecule has 0 aliphatic carbocycles. The molecule has 1 atom stereocenters. The zero-order valence-electron chi connectivity index (χ0n) is 11.5. The van der Waals surface area contributed by atoms with Gasteiger partial charge in [0.15, 0.2) is 0 Å². The highest BCUT2D eigenvalue weighted by atomic mass is 16.2. The van der Waals surface area contributed by atoms with Crippen LogP contribution in [0.4, 0.5) is 5.69 Å². The summed E-state index contributed by atoms with van der Waals surface area (Å²) in [5, 5.41) is 8.78. The van der Waals surface area contributed by atoms with Crippen LogP contribution >= 0.6 is 0 Å². The van der Waals surface area contributed by atoms with Crippen LogP contribution in [0, 0.1) is 0 Å². The topological polar surface area (TPSA) is 85.8 Å². The predicted octanol–water partition coefficient (Wildman–Crippen LogP) is 1.61. The summed E-state index contributed by atoms with van der Waals surface area (Å²) in [6, 6.07) is 6.76. The van der Waals surface area contributed by atoms with E-state index in [1.54, 1.807) is 36.5 Å². The molecule has 3 N–H and O–H groups in total. The lowest BCUT2D eigenvalue weighted by molar-refractivity contribution is -0.117. The molecule has 2 heterocycles. The van der Waals surface area contributed by atoms with Gasteiger partial charge in [-0.15, -0.1) is 0 Å². The highest BCUT2D eigenvalue weighted by molar-refractivity contribution is 6.03. The van der Waals surface area contributed by atoms with Crippen molar-refractivity contribution in [2.24, 2.45) is 12.8 Å². The standard InChI is InChI=1S/C15H15N5O/c1-20-9-11(8-18-20)14(16)15(21)19-13-4-2-3-10-7-17-6-5-12(10)13/h2-9,14H,16H2,1H3,(H,19,21). The Morgan fingerprint density at radius 1 is 1.33 bits per heavy atom. The molecule has 0 aliphatic rings. The maximum Gasteiger partial charge on any atom is 0.246 e. The number of nitrogens with two attached hydrogens (primary N) is 1. The summed E-state index contributed by atoms with van der Waals surface area (Å²) in [4.78, 5) is 16.3. The van der Waals surface area contributed by atoms with Crippen LogP contribution in [0.3, 0.4) is 0 Å². The minimum atomic E-state index is -0.754. The van der Waals surface area contributed by atoms with Crippen molar-refractivity contribution in [3.05, 3.63) is 54.6 Å². The van der Waals surface area contributed by atoms with E-state index in [2.05, 4.69) is 15.4 Å². The number of aromatic nitrogens is 3. The highest BCUT2D eigenvalue weighted by Crippen LogP contribution is 2.23. The fraction of sp³-hybridized carbons (Fsp3) is 0.133. The van der Waals surface area contributed by atoms with Crippen molar-refractivity contribution in [1.29, 1.82) is 0 Å². The van der Waals surface area contributed by atoms with Gasteiger partial charge < -0.3 is 11.1 Å². The van der Waals surface area contributed by atoms with E-state index in [1.165, 1.54) is 0 Å². The van der Waals surface area contributed by atoms with Gasteiger partial charge in [0.25, 0.3) is 0 Å². The Bertz CT molecular complexity index is 790. The number of hydrogen-bond acceptors (Lipinski definition) is 4. The normalized spacial score (nSPS) is 12.3. The highest BCUT2D eigenvalue weighted by Gasteiger charge is 2.18. The number of amides is 1. The third-order valence-corrected chi connectivity index (χ3v) is 3.31. The van der Waals surface area contributed by atoms with Crippen molar-refractivity contribution < 1.29 is 4.79 Å². The molecule has 0 spiro atoms. The second-order valence-electron chi connectivity index (χ2n) is 4.82. The Morgan fingerprint density at radius 3 is 2.95 bits per heavy atom. The molecule has 3 aromatic rings. The predicted molar refractivity (Wildman–Crippen MR) is 80.5 cm³/mol. The fourth-order valence-electron chi connectivity index (χ4n) is 2.19. The van der Waals surface area contributed by atoms with Gasteiger partial charge in [0.2, 0.25) is 5.91 Å². The molecular formula is C15H15N5O. The summed E-state index contributed by atoms with van der Waals surface area (Å²) in [5.41, 5.74) is 7.37. The van der Waals surface area contributed by atoms with Crippen molar-refractivity contribution in [1.82, 2.24) is 14.8 Å². The minimum Gasteiger partial charge on any atom is -0.324 e. The number of carbonyl (C=O) groups is 1. The zero-order chi connectivity index (χ0) is 14.8. The molecule has 6 heteroatoms. The number of benzene rings is 1. The van der Waals surface area contributed by atoms with E-state index in [0.29, 0.717) is 5.56 Å². The molecule has 0 bridgehead atoms. The van der Waals surface area contributed by atoms with E-state index in [0.717, 1.165) is 16.5 Å². The smallest absolute Gasteiger partial charge is 0.246 e. The number of nitrogens with zero attached hydrogens (tertiary/aromatic N) is 3. The van der Waals surface area contributed by atoms with Gasteiger partial charge in [0, 0.05) is 47.7 Å². The lowest BCUT2D eigenvalue weighted by Gasteiger charge is -2.12. The molecule has 2 aromatic heterocycles. The van der Waals surface area contributed by atoms with E-state index >= 15 is 0 Å². The number of carbonyl (C=O) groups excluding carboxylic acids is 1. The van der Waals surface area contributed by atoms with Gasteiger partial charge in [-0.05, 0) is 12.1 Å². The zero-order valence-corrected chi connectivity index (χ0v) is 11.5. The number of nitrogens with one attached hydrogen (secondary N) is 1. The minimum absolute atomic E-state index is 0.271. The molecule has 0 radical (unpaired) electrons. The fourth-order valence-corrected chi connectivity index (χ4v) is 2.19. The lowest BCUT2D eigenvalue weighted by Crippen LogP contribution is -2.27. The van der Waals surface area contributed by atoms with Crippen LogP contribution < -0.4 is 11.1 Å². The monoisotopic (exact) mass is 281 g/mol. The number of rotatable bonds is 3. The Balaban J connectivity index is 1.86. The van der Waals surface area contributed by atoms with E-state index in [4.69, 9.17) is 5.73 Å². The van der Waals surface area contributed by atoms with Gasteiger partial charge in [-0.2, -0.15) is 5.10 Å². The lowest BCUT2D eigenvalue weighted by atomic mass is 10.1. The van der Waals surface area contributed by atoms with E-state index in [1.807, 2.05) is 24.3 Å². The van der Waals surface area contributed by atoms with Crippen molar-refractivity contribution in [3.63, 3.8) is 0 Å². The summed E-state index contributed by atoms with van der Waals surface area (Å²) < 4.78 is 1.62. The Kier molecular flexibility index (Phi) is 3.37. The molecule has 0 fully saturated rings. The number of aryl methyl sites for hydroxylation is 1. The molecule has 0 saturated carbocycles. The second-order valence-corrected chi connectivity index (χ2v) is 4.82. The van der Waals surface area contributed by atoms with Gasteiger partial charge in [-0.1, -0.05) is 12.1 Å². The van der Waals surface area contributed by atoms with Crippen LogP contribution in [0.25, 0.3) is 10.8 Å². The van der Waals surface area contributed by atoms with Crippen molar-refractivity contribution >= 4 is 22.4 Å². The summed E-state index contributed by atoms with van der Waals surface area (Å²) >= 11 is 0. The molecule has 3 rings (SSSR count). The molecule has 1 aromatic carbocycles. The molecule has 106 valence electrons. The van der Waals surface area contributed by atoms with E-state index in [-0.39, 0.29) is 5.91 Å². The van der Waals surface area contributed by atoms with Crippen LogP contribution in [0.15, 0.2) is 49.1 Å². The summed E-state index contributed by atoms with van der Waals surface area (Å²) in [5.74, 6) is -0.271. The van der Waals surface area contributed by atoms with Crippen LogP contribution in [0.5, 0.6) is 0 Å². The van der Waals surface area contributed by atoms with Crippen molar-refractivity contribution in [2.75, 3.05) is 5.32 Å². The van der Waals surface area contributed by atoms with Crippen LogP contribution in [-0.2, 0) is 11.8 Å². The molecule has 1 amide bonds. The third kappa shape index (κ3) is 2.61. The Labute approximate surface area is 121 Å². The number of anilines is 1. The molecule has 21 heavy (non-hydrogen) atoms. The summed E-state index contributed by atoms with van der Waals surface area (Å²) in [6.45, 7) is 0. The Morgan fingerprint density at radius 2 is 2.19 bits per heavy atom. The van der Waals surface area contributed by atoms with Crippen LogP contribution in [0.2, 0.25) is 0 Å². The number of fused-ring (bicyclic) bond motifs is 1. The largest absolute Gasteiger partial charge is 0.324 e.